The summed E-state index contributed by atoms with van der Waals surface area (Å²) in [5.41, 5.74) is 7.13. The van der Waals surface area contributed by atoms with Crippen molar-refractivity contribution in [3.05, 3.63) is 69.9 Å². The van der Waals surface area contributed by atoms with Crippen molar-refractivity contribution in [1.29, 1.82) is 0 Å². The number of carbonyl (C=O) groups excluding carboxylic acids is 1. The number of imidazole rings is 1. The second kappa shape index (κ2) is 10.9. The zero-order valence-electron chi connectivity index (χ0n) is 17.3. The Bertz CT molecular complexity index is 1020. The molecule has 0 aliphatic heterocycles. The van der Waals surface area contributed by atoms with Gasteiger partial charge in [-0.15, -0.1) is 0 Å². The average Bonchev–Trinajstić information content (AvgIpc) is 3.02. The van der Waals surface area contributed by atoms with Gasteiger partial charge >= 0.3 is 6.09 Å². The topological polar surface area (TPSA) is 83.0 Å². The van der Waals surface area contributed by atoms with Crippen LogP contribution in [0.4, 0.5) is 4.79 Å². The lowest BCUT2D eigenvalue weighted by Gasteiger charge is -2.14. The van der Waals surface area contributed by atoms with Gasteiger partial charge in [0, 0.05) is 33.8 Å². The van der Waals surface area contributed by atoms with Crippen molar-refractivity contribution in [2.45, 2.75) is 49.1 Å². The summed E-state index contributed by atoms with van der Waals surface area (Å²) >= 11 is 14.0. The van der Waals surface area contributed by atoms with Gasteiger partial charge in [0.1, 0.15) is 10.9 Å². The first kappa shape index (κ1) is 23.4. The van der Waals surface area contributed by atoms with Gasteiger partial charge in [0.2, 0.25) is 0 Å². The lowest BCUT2D eigenvalue weighted by Crippen LogP contribution is -2.14. The number of aromatic nitrogens is 3. The molecule has 2 heterocycles. The Hall–Kier alpha value is -2.22. The largest absolute Gasteiger partial charge is 0.450 e. The summed E-state index contributed by atoms with van der Waals surface area (Å²) in [7, 11) is 0. The standard InChI is InChI=1S/C22H24Cl2N4O2S/c1-14(2)20-21(31-18-10-16(23)9-17(24)11-18)28(13-15-5-3-7-26-12-15)19(27-20)6-4-8-30-22(25)29/h3,5,7,9-12,14H,4,6,8,13H2,1-2H3,(H2,25,29). The first-order chi connectivity index (χ1) is 14.8. The molecule has 0 atom stereocenters. The normalized spacial score (nSPS) is 11.1. The van der Waals surface area contributed by atoms with Crippen LogP contribution in [0.5, 0.6) is 0 Å². The van der Waals surface area contributed by atoms with Gasteiger partial charge in [0.15, 0.2) is 0 Å². The molecule has 164 valence electrons. The van der Waals surface area contributed by atoms with Gasteiger partial charge in [0.05, 0.1) is 18.8 Å². The number of halogens is 2. The average molecular weight is 479 g/mol. The highest BCUT2D eigenvalue weighted by molar-refractivity contribution is 7.99. The van der Waals surface area contributed by atoms with Crippen LogP contribution in [0.1, 0.15) is 43.3 Å². The molecule has 1 aromatic carbocycles. The van der Waals surface area contributed by atoms with Crippen LogP contribution in [-0.2, 0) is 17.7 Å². The van der Waals surface area contributed by atoms with Crippen LogP contribution in [-0.4, -0.2) is 27.2 Å². The van der Waals surface area contributed by atoms with Crippen molar-refractivity contribution in [1.82, 2.24) is 14.5 Å². The summed E-state index contributed by atoms with van der Waals surface area (Å²) < 4.78 is 7.08. The van der Waals surface area contributed by atoms with Crippen LogP contribution in [0.25, 0.3) is 0 Å². The van der Waals surface area contributed by atoms with E-state index in [0.29, 0.717) is 29.4 Å². The minimum Gasteiger partial charge on any atom is -0.450 e. The second-order valence-electron chi connectivity index (χ2n) is 7.30. The van der Waals surface area contributed by atoms with Crippen molar-refractivity contribution in [2.75, 3.05) is 6.61 Å². The number of nitrogens with two attached hydrogens (primary N) is 1. The third kappa shape index (κ3) is 6.63. The van der Waals surface area contributed by atoms with E-state index in [4.69, 9.17) is 38.7 Å². The fraction of sp³-hybridized carbons (Fsp3) is 0.318. The van der Waals surface area contributed by atoms with Gasteiger partial charge in [-0.1, -0.05) is 54.9 Å². The van der Waals surface area contributed by atoms with Gasteiger partial charge in [0.25, 0.3) is 0 Å². The highest BCUT2D eigenvalue weighted by Gasteiger charge is 2.21. The molecule has 9 heteroatoms. The van der Waals surface area contributed by atoms with E-state index in [0.717, 1.165) is 27.0 Å². The number of carbonyl (C=O) groups is 1. The van der Waals surface area contributed by atoms with Gasteiger partial charge in [-0.05, 0) is 42.2 Å². The second-order valence-corrected chi connectivity index (χ2v) is 9.23. The number of hydrogen-bond acceptors (Lipinski definition) is 5. The van der Waals surface area contributed by atoms with Crippen molar-refractivity contribution in [2.24, 2.45) is 5.73 Å². The lowest BCUT2D eigenvalue weighted by atomic mass is 10.1. The molecule has 0 aliphatic rings. The number of hydrogen-bond donors (Lipinski definition) is 1. The Labute approximate surface area is 196 Å². The molecule has 3 rings (SSSR count). The van der Waals surface area contributed by atoms with Crippen LogP contribution in [0, 0.1) is 0 Å². The van der Waals surface area contributed by atoms with Crippen LogP contribution in [0.3, 0.4) is 0 Å². The highest BCUT2D eigenvalue weighted by Crippen LogP contribution is 2.37. The fourth-order valence-electron chi connectivity index (χ4n) is 3.12. The van der Waals surface area contributed by atoms with Crippen LogP contribution >= 0.6 is 35.0 Å². The van der Waals surface area contributed by atoms with Crippen LogP contribution < -0.4 is 5.73 Å². The maximum absolute atomic E-state index is 10.9. The summed E-state index contributed by atoms with van der Waals surface area (Å²) in [4.78, 5) is 21.0. The summed E-state index contributed by atoms with van der Waals surface area (Å²) in [5, 5.41) is 2.20. The van der Waals surface area contributed by atoms with Crippen LogP contribution in [0.2, 0.25) is 10.0 Å². The number of rotatable bonds is 9. The number of aryl methyl sites for hydroxylation is 1. The summed E-state index contributed by atoms with van der Waals surface area (Å²) in [6, 6.07) is 9.45. The molecule has 2 aromatic heterocycles. The number of pyridine rings is 1. The van der Waals surface area contributed by atoms with E-state index in [9.17, 15) is 4.79 Å². The maximum Gasteiger partial charge on any atom is 0.404 e. The minimum absolute atomic E-state index is 0.216. The highest BCUT2D eigenvalue weighted by atomic mass is 35.5. The SMILES string of the molecule is CC(C)c1nc(CCCOC(N)=O)n(Cc2cccnc2)c1Sc1cc(Cl)cc(Cl)c1. The molecular formula is C22H24Cl2N4O2S. The van der Waals surface area contributed by atoms with Gasteiger partial charge in [-0.25, -0.2) is 9.78 Å². The molecule has 0 saturated heterocycles. The zero-order valence-corrected chi connectivity index (χ0v) is 19.7. The molecule has 0 spiro atoms. The number of amides is 1. The molecule has 0 bridgehead atoms. The Morgan fingerprint density at radius 1 is 1.26 bits per heavy atom. The summed E-state index contributed by atoms with van der Waals surface area (Å²) in [6.07, 6.45) is 4.10. The quantitative estimate of drug-likeness (QED) is 0.385. The smallest absolute Gasteiger partial charge is 0.404 e. The van der Waals surface area contributed by atoms with E-state index in [2.05, 4.69) is 23.4 Å². The molecular weight excluding hydrogens is 455 g/mol. The lowest BCUT2D eigenvalue weighted by molar-refractivity contribution is 0.155. The van der Waals surface area contributed by atoms with Gasteiger partial charge in [-0.2, -0.15) is 0 Å². The van der Waals surface area contributed by atoms with Crippen molar-refractivity contribution in [3.63, 3.8) is 0 Å². The molecule has 2 N–H and O–H groups in total. The molecule has 6 nitrogen and oxygen atoms in total. The van der Waals surface area contributed by atoms with Crippen molar-refractivity contribution < 1.29 is 9.53 Å². The molecule has 3 aromatic rings. The number of primary amides is 1. The van der Waals surface area contributed by atoms with E-state index in [-0.39, 0.29) is 12.5 Å². The Morgan fingerprint density at radius 2 is 2.00 bits per heavy atom. The zero-order chi connectivity index (χ0) is 22.4. The third-order valence-electron chi connectivity index (χ3n) is 4.48. The molecule has 0 radical (unpaired) electrons. The Morgan fingerprint density at radius 3 is 2.61 bits per heavy atom. The molecule has 1 amide bonds. The Kier molecular flexibility index (Phi) is 8.23. The minimum atomic E-state index is -0.768. The maximum atomic E-state index is 10.9. The van der Waals surface area contributed by atoms with E-state index in [1.807, 2.05) is 30.5 Å². The van der Waals surface area contributed by atoms with Crippen molar-refractivity contribution in [3.8, 4) is 0 Å². The van der Waals surface area contributed by atoms with Crippen molar-refractivity contribution >= 4 is 41.1 Å². The molecule has 31 heavy (non-hydrogen) atoms. The fourth-order valence-corrected chi connectivity index (χ4v) is 5.03. The van der Waals surface area contributed by atoms with E-state index >= 15 is 0 Å². The van der Waals surface area contributed by atoms with Gasteiger partial charge in [-0.3, -0.25) is 4.98 Å². The summed E-state index contributed by atoms with van der Waals surface area (Å²) in [6.45, 7) is 5.10. The third-order valence-corrected chi connectivity index (χ3v) is 6.01. The van der Waals surface area contributed by atoms with E-state index in [1.165, 1.54) is 0 Å². The Balaban J connectivity index is 1.99. The summed E-state index contributed by atoms with van der Waals surface area (Å²) in [5.74, 6) is 1.13. The molecule has 0 aliphatic carbocycles. The van der Waals surface area contributed by atoms with Crippen LogP contribution in [0.15, 0.2) is 52.6 Å². The predicted molar refractivity (Wildman–Crippen MR) is 124 cm³/mol. The first-order valence-electron chi connectivity index (χ1n) is 9.88. The van der Waals surface area contributed by atoms with E-state index in [1.54, 1.807) is 24.0 Å². The predicted octanol–water partition coefficient (Wildman–Crippen LogP) is 5.94. The number of benzene rings is 1. The monoisotopic (exact) mass is 478 g/mol. The molecule has 0 fully saturated rings. The molecule has 0 saturated carbocycles. The number of nitrogens with zero attached hydrogens (tertiary/aromatic N) is 3. The number of ether oxygens (including phenoxy) is 1. The van der Waals surface area contributed by atoms with E-state index < -0.39 is 6.09 Å². The first-order valence-corrected chi connectivity index (χ1v) is 11.4. The van der Waals surface area contributed by atoms with Gasteiger partial charge < -0.3 is 15.0 Å². The molecule has 0 unspecified atom stereocenters.